The lowest BCUT2D eigenvalue weighted by molar-refractivity contribution is -0.175. The van der Waals surface area contributed by atoms with Crippen LogP contribution in [0.2, 0.25) is 0 Å². The molecule has 0 spiro atoms. The normalized spacial score (nSPS) is 25.6. The van der Waals surface area contributed by atoms with Crippen LogP contribution < -0.4 is 5.32 Å². The van der Waals surface area contributed by atoms with Gasteiger partial charge >= 0.3 is 12.3 Å². The van der Waals surface area contributed by atoms with E-state index < -0.39 is 47.8 Å². The van der Waals surface area contributed by atoms with Crippen molar-refractivity contribution in [3.8, 4) is 11.1 Å². The second kappa shape index (κ2) is 10.1. The van der Waals surface area contributed by atoms with Crippen molar-refractivity contribution >= 4 is 18.1 Å². The molecule has 2 aliphatic heterocycles. The molecule has 200 valence electrons. The van der Waals surface area contributed by atoms with Crippen LogP contribution in [0.15, 0.2) is 48.5 Å². The Morgan fingerprint density at radius 3 is 2.24 bits per heavy atom. The summed E-state index contributed by atoms with van der Waals surface area (Å²) >= 11 is 0. The minimum Gasteiger partial charge on any atom is -0.449 e. The third kappa shape index (κ3) is 5.14. The third-order valence-corrected chi connectivity index (χ3v) is 7.00. The molecule has 0 radical (unpaired) electrons. The van der Waals surface area contributed by atoms with Crippen molar-refractivity contribution in [2.75, 3.05) is 13.2 Å². The third-order valence-electron chi connectivity index (χ3n) is 7.00. The maximum Gasteiger partial charge on any atom is 0.407 e. The van der Waals surface area contributed by atoms with Gasteiger partial charge in [-0.3, -0.25) is 4.79 Å². The van der Waals surface area contributed by atoms with Crippen LogP contribution in [-0.4, -0.2) is 72.0 Å². The number of hydrogen-bond donors (Lipinski definition) is 1. The number of nitrogens with zero attached hydrogens (tertiary/aromatic N) is 2. The predicted molar refractivity (Wildman–Crippen MR) is 135 cm³/mol. The second-order valence-electron chi connectivity index (χ2n) is 10.5. The highest BCUT2D eigenvalue weighted by Crippen LogP contribution is 2.44. The summed E-state index contributed by atoms with van der Waals surface area (Å²) in [5.74, 6) is -2.73. The molecule has 4 atom stereocenters. The Bertz CT molecular complexity index is 1240. The number of benzene rings is 2. The number of carbonyl (C=O) groups is 2. The molecule has 10 nitrogen and oxygen atoms in total. The van der Waals surface area contributed by atoms with Gasteiger partial charge in [0.2, 0.25) is 0 Å². The number of carbonyl (C=O) groups excluding carboxylic acids is 2. The second-order valence-corrected chi connectivity index (χ2v) is 10.5. The van der Waals surface area contributed by atoms with Gasteiger partial charge in [-0.05, 0) is 49.9 Å². The summed E-state index contributed by atoms with van der Waals surface area (Å²) in [7, 11) is 0. The summed E-state index contributed by atoms with van der Waals surface area (Å²) < 4.78 is 29.4. The molecule has 1 amide bonds. The fourth-order valence-corrected chi connectivity index (χ4v) is 5.46. The maximum atomic E-state index is 13.0. The predicted octanol–water partition coefficient (Wildman–Crippen LogP) is 3.44. The first-order chi connectivity index (χ1) is 18.1. The summed E-state index contributed by atoms with van der Waals surface area (Å²) in [5.41, 5.74) is 13.4. The smallest absolute Gasteiger partial charge is 0.407 e. The van der Waals surface area contributed by atoms with Crippen LogP contribution in [0.3, 0.4) is 0 Å². The van der Waals surface area contributed by atoms with Gasteiger partial charge in [0.25, 0.3) is 5.78 Å². The average Bonchev–Trinajstić information content (AvgIpc) is 3.51. The van der Waals surface area contributed by atoms with Gasteiger partial charge in [-0.2, -0.15) is 4.79 Å². The van der Waals surface area contributed by atoms with Crippen molar-refractivity contribution < 1.29 is 38.1 Å². The first-order valence-electron chi connectivity index (χ1n) is 12.6. The molecule has 2 aromatic rings. The highest BCUT2D eigenvalue weighted by Gasteiger charge is 2.54. The number of alkyl carbamates (subject to hydrolysis) is 1. The molecule has 0 bridgehead atoms. The number of fused-ring (bicyclic) bond motifs is 3. The number of nitrogens with one attached hydrogen (secondary N) is 1. The molecule has 10 heteroatoms. The van der Waals surface area contributed by atoms with E-state index in [0.29, 0.717) is 0 Å². The fraction of sp³-hybridized carbons (Fsp3) is 0.464. The van der Waals surface area contributed by atoms with Gasteiger partial charge in [0, 0.05) is 5.92 Å². The van der Waals surface area contributed by atoms with Gasteiger partial charge in [-0.1, -0.05) is 48.5 Å². The van der Waals surface area contributed by atoms with Crippen LogP contribution >= 0.6 is 0 Å². The van der Waals surface area contributed by atoms with E-state index in [1.165, 1.54) is 0 Å². The summed E-state index contributed by atoms with van der Waals surface area (Å²) in [6, 6.07) is 14.7. The first-order valence-corrected chi connectivity index (χ1v) is 12.6. The highest BCUT2D eigenvalue weighted by molar-refractivity contribution is 6.28. The minimum atomic E-state index is -1.26. The Balaban J connectivity index is 1.34. The maximum absolute atomic E-state index is 13.0. The SMILES string of the molecule is CC1(C)O[C@H]([C@H](NC(=O)OCC2c3ccccc3-c3ccccc32)C(=O)C=[N+]=[N-])[C@@H]([C@H]2COC(C)(C)O2)O1. The average molecular weight is 522 g/mol. The van der Waals surface area contributed by atoms with E-state index in [1.54, 1.807) is 27.7 Å². The Labute approximate surface area is 220 Å². The van der Waals surface area contributed by atoms with Crippen LogP contribution in [0, 0.1) is 0 Å². The van der Waals surface area contributed by atoms with Crippen LogP contribution in [-0.2, 0) is 28.5 Å². The summed E-state index contributed by atoms with van der Waals surface area (Å²) in [6.45, 7) is 7.25. The van der Waals surface area contributed by atoms with Gasteiger partial charge in [0.05, 0.1) is 6.61 Å². The quantitative estimate of drug-likeness (QED) is 0.336. The van der Waals surface area contributed by atoms with Crippen LogP contribution in [0.1, 0.15) is 44.7 Å². The molecule has 2 aromatic carbocycles. The van der Waals surface area contributed by atoms with E-state index in [1.807, 2.05) is 48.5 Å². The van der Waals surface area contributed by atoms with Crippen molar-refractivity contribution in [1.29, 1.82) is 0 Å². The van der Waals surface area contributed by atoms with Crippen LogP contribution in [0.5, 0.6) is 0 Å². The molecule has 0 aromatic heterocycles. The molecular formula is C28H31N3O7. The monoisotopic (exact) mass is 521 g/mol. The van der Waals surface area contributed by atoms with E-state index in [2.05, 4.69) is 10.1 Å². The molecule has 2 heterocycles. The number of ketones is 1. The van der Waals surface area contributed by atoms with Gasteiger partial charge in [0.1, 0.15) is 31.0 Å². The number of hydrogen-bond acceptors (Lipinski definition) is 7. The lowest BCUT2D eigenvalue weighted by Crippen LogP contribution is -2.55. The van der Waals surface area contributed by atoms with E-state index in [-0.39, 0.29) is 19.1 Å². The molecule has 2 fully saturated rings. The number of rotatable bonds is 7. The van der Waals surface area contributed by atoms with Crippen molar-refractivity contribution in [2.24, 2.45) is 0 Å². The number of Topliss-reactive ketones (excluding diaryl/α,β-unsaturated/α-hetero) is 1. The molecule has 2 saturated heterocycles. The molecule has 5 rings (SSSR count). The zero-order valence-corrected chi connectivity index (χ0v) is 21.7. The molecule has 38 heavy (non-hydrogen) atoms. The van der Waals surface area contributed by atoms with E-state index in [0.717, 1.165) is 28.5 Å². The summed E-state index contributed by atoms with van der Waals surface area (Å²) in [6.07, 6.45) is -2.36. The lowest BCUT2D eigenvalue weighted by Gasteiger charge is -2.27. The largest absolute Gasteiger partial charge is 0.449 e. The van der Waals surface area contributed by atoms with Gasteiger partial charge in [-0.25, -0.2) is 4.79 Å². The minimum absolute atomic E-state index is 0.0690. The van der Waals surface area contributed by atoms with Crippen molar-refractivity contribution in [3.63, 3.8) is 0 Å². The fourth-order valence-electron chi connectivity index (χ4n) is 5.46. The number of ether oxygens (including phenoxy) is 5. The van der Waals surface area contributed by atoms with Crippen molar-refractivity contribution in [1.82, 2.24) is 5.32 Å². The molecule has 3 aliphatic rings. The Morgan fingerprint density at radius 1 is 1.03 bits per heavy atom. The molecule has 0 unspecified atom stereocenters. The Hall–Kier alpha value is -3.40. The van der Waals surface area contributed by atoms with E-state index >= 15 is 0 Å². The van der Waals surface area contributed by atoms with Gasteiger partial charge < -0.3 is 34.5 Å². The molecule has 0 saturated carbocycles. The van der Waals surface area contributed by atoms with Crippen LogP contribution in [0.25, 0.3) is 16.7 Å². The van der Waals surface area contributed by atoms with E-state index in [4.69, 9.17) is 29.2 Å². The van der Waals surface area contributed by atoms with E-state index in [9.17, 15) is 9.59 Å². The van der Waals surface area contributed by atoms with Crippen LogP contribution in [0.4, 0.5) is 4.79 Å². The summed E-state index contributed by atoms with van der Waals surface area (Å²) in [4.78, 5) is 28.9. The lowest BCUT2D eigenvalue weighted by atomic mass is 9.98. The summed E-state index contributed by atoms with van der Waals surface area (Å²) in [5, 5.41) is 2.61. The van der Waals surface area contributed by atoms with Crippen molar-refractivity contribution in [2.45, 2.75) is 69.5 Å². The standard InChI is InChI=1S/C28H31N3O7/c1-27(2)35-15-22(36-27)24-25(38-28(3,4)37-24)23(21(32)13-30-29)31-26(33)34-14-20-18-11-7-5-9-16(18)17-10-6-8-12-19(17)20/h5-13,20,22-25H,14-15H2,1-4H3,(H,31,33)/t22-,23-,24-,25-/m1/s1. The first kappa shape index (κ1) is 26.2. The van der Waals surface area contributed by atoms with Gasteiger partial charge in [-0.15, -0.1) is 0 Å². The zero-order valence-electron chi connectivity index (χ0n) is 21.7. The highest BCUT2D eigenvalue weighted by atomic mass is 16.8. The number of amides is 1. The zero-order chi connectivity index (χ0) is 27.1. The Kier molecular flexibility index (Phi) is 6.94. The molecule has 1 aliphatic carbocycles. The Morgan fingerprint density at radius 2 is 1.66 bits per heavy atom. The molecule has 1 N–H and O–H groups in total. The van der Waals surface area contributed by atoms with Crippen molar-refractivity contribution in [3.05, 3.63) is 65.2 Å². The van der Waals surface area contributed by atoms with Gasteiger partial charge in [0.15, 0.2) is 11.6 Å². The topological polar surface area (TPSA) is 129 Å². The molecular weight excluding hydrogens is 490 g/mol.